The van der Waals surface area contributed by atoms with Crippen LogP contribution in [0, 0.1) is 11.8 Å². The quantitative estimate of drug-likeness (QED) is 0.759. The maximum Gasteiger partial charge on any atom is 0.260 e. The van der Waals surface area contributed by atoms with E-state index in [2.05, 4.69) is 10.3 Å². The van der Waals surface area contributed by atoms with Crippen molar-refractivity contribution in [3.8, 4) is 0 Å². The number of carbonyl (C=O) groups excluding carboxylic acids is 4. The molecular formula is C15H18N4O4S. The highest BCUT2D eigenvalue weighted by Crippen LogP contribution is 2.37. The van der Waals surface area contributed by atoms with Crippen LogP contribution in [0.3, 0.4) is 0 Å². The molecule has 3 N–H and O–H groups in total. The molecule has 1 aliphatic heterocycles. The topological polar surface area (TPSA) is 122 Å². The lowest BCUT2D eigenvalue weighted by atomic mass is 9.81. The van der Waals surface area contributed by atoms with Gasteiger partial charge in [-0.25, -0.2) is 4.98 Å². The highest BCUT2D eigenvalue weighted by Gasteiger charge is 2.47. The van der Waals surface area contributed by atoms with E-state index in [4.69, 9.17) is 5.73 Å². The van der Waals surface area contributed by atoms with E-state index in [-0.39, 0.29) is 52.5 Å². The number of amides is 4. The van der Waals surface area contributed by atoms with Crippen molar-refractivity contribution in [3.63, 3.8) is 0 Å². The van der Waals surface area contributed by atoms with Crippen LogP contribution < -0.4 is 11.1 Å². The van der Waals surface area contributed by atoms with Crippen molar-refractivity contribution < 1.29 is 19.2 Å². The van der Waals surface area contributed by atoms with Gasteiger partial charge in [0.25, 0.3) is 5.91 Å². The maximum atomic E-state index is 12.3. The third-order valence-electron chi connectivity index (χ3n) is 4.49. The van der Waals surface area contributed by atoms with Gasteiger partial charge < -0.3 is 11.1 Å². The predicted molar refractivity (Wildman–Crippen MR) is 86.0 cm³/mol. The predicted octanol–water partition coefficient (Wildman–Crippen LogP) is 0.746. The van der Waals surface area contributed by atoms with Gasteiger partial charge in [0.05, 0.1) is 18.0 Å². The second kappa shape index (κ2) is 6.68. The standard InChI is InChI=1S/C15H18N4O4S/c16-12(21)10-7-17-15(24-10)18-11(20)5-6-19-13(22)8-3-1-2-4-9(8)14(19)23/h7-9H,1-6H2,(H2,16,21)(H,17,18,20)/t8-,9-/m0/s1. The molecule has 0 unspecified atom stereocenters. The molecule has 128 valence electrons. The molecule has 2 atom stereocenters. The van der Waals surface area contributed by atoms with Gasteiger partial charge in [-0.2, -0.15) is 0 Å². The normalized spacial score (nSPS) is 23.2. The van der Waals surface area contributed by atoms with E-state index >= 15 is 0 Å². The second-order valence-electron chi connectivity index (χ2n) is 6.02. The molecule has 8 nitrogen and oxygen atoms in total. The van der Waals surface area contributed by atoms with Crippen LogP contribution in [0.5, 0.6) is 0 Å². The molecule has 3 rings (SSSR count). The fraction of sp³-hybridized carbons (Fsp3) is 0.533. The molecule has 0 bridgehead atoms. The minimum Gasteiger partial charge on any atom is -0.365 e. The first-order chi connectivity index (χ1) is 11.5. The van der Waals surface area contributed by atoms with Gasteiger partial charge >= 0.3 is 0 Å². The lowest BCUT2D eigenvalue weighted by molar-refractivity contribution is -0.140. The van der Waals surface area contributed by atoms with E-state index in [9.17, 15) is 19.2 Å². The monoisotopic (exact) mass is 350 g/mol. The van der Waals surface area contributed by atoms with Gasteiger partial charge in [-0.15, -0.1) is 0 Å². The largest absolute Gasteiger partial charge is 0.365 e. The van der Waals surface area contributed by atoms with E-state index in [1.807, 2.05) is 0 Å². The molecule has 1 saturated heterocycles. The zero-order valence-electron chi connectivity index (χ0n) is 13.0. The average Bonchev–Trinajstić information content (AvgIpc) is 3.11. The van der Waals surface area contributed by atoms with Crippen LogP contribution in [-0.2, 0) is 14.4 Å². The molecule has 0 radical (unpaired) electrons. The number of thiazole rings is 1. The lowest BCUT2D eigenvalue weighted by Gasteiger charge is -2.19. The molecule has 2 heterocycles. The van der Waals surface area contributed by atoms with E-state index in [0.717, 1.165) is 37.0 Å². The summed E-state index contributed by atoms with van der Waals surface area (Å²) < 4.78 is 0. The molecular weight excluding hydrogens is 332 g/mol. The molecule has 1 aromatic heterocycles. The number of fused-ring (bicyclic) bond motifs is 1. The third-order valence-corrected chi connectivity index (χ3v) is 5.42. The Labute approximate surface area is 142 Å². The fourth-order valence-corrected chi connectivity index (χ4v) is 3.98. The number of carbonyl (C=O) groups is 4. The highest BCUT2D eigenvalue weighted by atomic mass is 32.1. The van der Waals surface area contributed by atoms with Crippen molar-refractivity contribution >= 4 is 40.1 Å². The minimum atomic E-state index is -0.608. The summed E-state index contributed by atoms with van der Waals surface area (Å²) in [6, 6.07) is 0. The van der Waals surface area contributed by atoms with Crippen molar-refractivity contribution in [1.29, 1.82) is 0 Å². The lowest BCUT2D eigenvalue weighted by Crippen LogP contribution is -2.34. The number of hydrogen-bond donors (Lipinski definition) is 2. The van der Waals surface area contributed by atoms with Gasteiger partial charge in [0, 0.05) is 13.0 Å². The van der Waals surface area contributed by atoms with Crippen LogP contribution in [-0.4, -0.2) is 40.1 Å². The zero-order valence-corrected chi connectivity index (χ0v) is 13.8. The molecule has 24 heavy (non-hydrogen) atoms. The number of rotatable bonds is 5. The molecule has 2 aliphatic rings. The molecule has 0 spiro atoms. The summed E-state index contributed by atoms with van der Waals surface area (Å²) in [6.45, 7) is 0.0740. The van der Waals surface area contributed by atoms with Crippen molar-refractivity contribution in [2.75, 3.05) is 11.9 Å². The molecule has 1 aliphatic carbocycles. The van der Waals surface area contributed by atoms with E-state index in [1.54, 1.807) is 0 Å². The number of nitrogens with two attached hydrogens (primary N) is 1. The Kier molecular flexibility index (Phi) is 4.61. The second-order valence-corrected chi connectivity index (χ2v) is 7.05. The Balaban J connectivity index is 1.55. The summed E-state index contributed by atoms with van der Waals surface area (Å²) in [7, 11) is 0. The van der Waals surface area contributed by atoms with Crippen LogP contribution in [0.2, 0.25) is 0 Å². The van der Waals surface area contributed by atoms with Gasteiger partial charge in [0.1, 0.15) is 4.88 Å². The van der Waals surface area contributed by atoms with Gasteiger partial charge in [-0.3, -0.25) is 24.1 Å². The zero-order chi connectivity index (χ0) is 17.3. The number of aromatic nitrogens is 1. The van der Waals surface area contributed by atoms with Crippen LogP contribution >= 0.6 is 11.3 Å². The summed E-state index contributed by atoms with van der Waals surface area (Å²) >= 11 is 0.980. The fourth-order valence-electron chi connectivity index (χ4n) is 3.29. The van der Waals surface area contributed by atoms with Gasteiger partial charge in [-0.1, -0.05) is 24.2 Å². The number of anilines is 1. The van der Waals surface area contributed by atoms with Crippen molar-refractivity contribution in [1.82, 2.24) is 9.88 Å². The van der Waals surface area contributed by atoms with E-state index < -0.39 is 5.91 Å². The van der Waals surface area contributed by atoms with Crippen molar-refractivity contribution in [2.24, 2.45) is 17.6 Å². The van der Waals surface area contributed by atoms with Crippen LogP contribution in [0.25, 0.3) is 0 Å². The number of nitrogens with zero attached hydrogens (tertiary/aromatic N) is 2. The number of likely N-dealkylation sites (tertiary alicyclic amines) is 1. The summed E-state index contributed by atoms with van der Waals surface area (Å²) in [5.74, 6) is -1.68. The van der Waals surface area contributed by atoms with Crippen molar-refractivity contribution in [3.05, 3.63) is 11.1 Å². The van der Waals surface area contributed by atoms with Crippen molar-refractivity contribution in [2.45, 2.75) is 32.1 Å². The number of primary amides is 1. The maximum absolute atomic E-state index is 12.3. The number of imide groups is 1. The minimum absolute atomic E-state index is 0.00239. The number of nitrogens with one attached hydrogen (secondary N) is 1. The Bertz CT molecular complexity index is 677. The smallest absolute Gasteiger partial charge is 0.260 e. The first-order valence-corrected chi connectivity index (χ1v) is 8.69. The summed E-state index contributed by atoms with van der Waals surface area (Å²) in [5.41, 5.74) is 5.12. The molecule has 1 aromatic rings. The SMILES string of the molecule is NC(=O)c1cnc(NC(=O)CCN2C(=O)[C@H]3CCCC[C@@H]3C2=O)s1. The Morgan fingerprint density at radius 1 is 1.25 bits per heavy atom. The molecule has 4 amide bonds. The van der Waals surface area contributed by atoms with Crippen LogP contribution in [0.15, 0.2) is 6.20 Å². The number of hydrogen-bond acceptors (Lipinski definition) is 6. The average molecular weight is 350 g/mol. The Hall–Kier alpha value is -2.29. The van der Waals surface area contributed by atoms with Gasteiger partial charge in [0.2, 0.25) is 17.7 Å². The summed E-state index contributed by atoms with van der Waals surface area (Å²) in [5, 5.41) is 2.81. The van der Waals surface area contributed by atoms with E-state index in [0.29, 0.717) is 0 Å². The Morgan fingerprint density at radius 3 is 2.42 bits per heavy atom. The Morgan fingerprint density at radius 2 is 1.88 bits per heavy atom. The molecule has 9 heteroatoms. The summed E-state index contributed by atoms with van der Waals surface area (Å²) in [6.07, 6.45) is 4.75. The molecule has 2 fully saturated rings. The molecule has 0 aromatic carbocycles. The molecule has 1 saturated carbocycles. The first-order valence-electron chi connectivity index (χ1n) is 7.88. The van der Waals surface area contributed by atoms with Gasteiger partial charge in [-0.05, 0) is 12.8 Å². The van der Waals surface area contributed by atoms with Gasteiger partial charge in [0.15, 0.2) is 5.13 Å². The third kappa shape index (κ3) is 3.16. The van der Waals surface area contributed by atoms with E-state index in [1.165, 1.54) is 11.1 Å². The van der Waals surface area contributed by atoms with Crippen LogP contribution in [0.4, 0.5) is 5.13 Å². The van der Waals surface area contributed by atoms with Crippen LogP contribution in [0.1, 0.15) is 41.8 Å². The highest BCUT2D eigenvalue weighted by molar-refractivity contribution is 7.17. The first kappa shape index (κ1) is 16.6. The summed E-state index contributed by atoms with van der Waals surface area (Å²) in [4.78, 5) is 52.9.